The van der Waals surface area contributed by atoms with Crippen LogP contribution in [0.25, 0.3) is 0 Å². The number of methoxy groups -OCH3 is 1. The molecule has 0 aliphatic heterocycles. The van der Waals surface area contributed by atoms with E-state index in [1.807, 2.05) is 35.1 Å². The lowest BCUT2D eigenvalue weighted by Gasteiger charge is -2.05. The first-order chi connectivity index (χ1) is 8.60. The third kappa shape index (κ3) is 4.96. The van der Waals surface area contributed by atoms with Crippen molar-refractivity contribution in [2.75, 3.05) is 12.8 Å². The lowest BCUT2D eigenvalue weighted by atomic mass is 10.1. The van der Waals surface area contributed by atoms with Gasteiger partial charge in [-0.3, -0.25) is 0 Å². The SMILES string of the molecule is CC.COC(=O)c1cc(C#CSI)c(N)cc1Cl. The molecular formula is C12H13ClINO2S. The van der Waals surface area contributed by atoms with Crippen LogP contribution in [0, 0.1) is 11.2 Å². The van der Waals surface area contributed by atoms with Gasteiger partial charge in [0.1, 0.15) is 0 Å². The van der Waals surface area contributed by atoms with E-state index in [1.54, 1.807) is 0 Å². The van der Waals surface area contributed by atoms with E-state index in [-0.39, 0.29) is 10.6 Å². The first-order valence-electron chi connectivity index (χ1n) is 5.06. The normalized spacial score (nSPS) is 8.50. The number of carbonyl (C=O) groups is 1. The molecule has 0 saturated heterocycles. The van der Waals surface area contributed by atoms with E-state index in [1.165, 1.54) is 28.2 Å². The van der Waals surface area contributed by atoms with Crippen molar-refractivity contribution in [3.8, 4) is 11.2 Å². The van der Waals surface area contributed by atoms with Crippen molar-refractivity contribution < 1.29 is 9.53 Å². The molecule has 0 bridgehead atoms. The largest absolute Gasteiger partial charge is 0.465 e. The fourth-order valence-corrected chi connectivity index (χ4v) is 1.77. The summed E-state index contributed by atoms with van der Waals surface area (Å²) >= 11 is 7.92. The Kier molecular flexibility index (Phi) is 9.06. The van der Waals surface area contributed by atoms with Gasteiger partial charge in [-0.1, -0.05) is 31.4 Å². The monoisotopic (exact) mass is 397 g/mol. The smallest absolute Gasteiger partial charge is 0.339 e. The summed E-state index contributed by atoms with van der Waals surface area (Å²) in [6, 6.07) is 3.03. The third-order valence-electron chi connectivity index (χ3n) is 1.77. The van der Waals surface area contributed by atoms with E-state index in [4.69, 9.17) is 17.3 Å². The number of nitrogen functional groups attached to an aromatic ring is 1. The van der Waals surface area contributed by atoms with Gasteiger partial charge in [0.25, 0.3) is 0 Å². The van der Waals surface area contributed by atoms with Gasteiger partial charge in [-0.15, -0.1) is 0 Å². The van der Waals surface area contributed by atoms with Crippen LogP contribution >= 0.6 is 41.7 Å². The van der Waals surface area contributed by atoms with Crippen molar-refractivity contribution in [3.05, 3.63) is 28.3 Å². The second kappa shape index (κ2) is 9.36. The number of esters is 1. The molecule has 0 aliphatic rings. The Bertz CT molecular complexity index is 483. The highest BCUT2D eigenvalue weighted by Crippen LogP contribution is 2.24. The van der Waals surface area contributed by atoms with Crippen molar-refractivity contribution in [1.82, 2.24) is 0 Å². The molecule has 0 aliphatic carbocycles. The molecule has 1 aromatic carbocycles. The molecule has 0 saturated carbocycles. The lowest BCUT2D eigenvalue weighted by Crippen LogP contribution is -2.04. The van der Waals surface area contributed by atoms with Crippen LogP contribution in [0.2, 0.25) is 5.02 Å². The topological polar surface area (TPSA) is 52.3 Å². The standard InChI is InChI=1S/C10H7ClINO2S.C2H6/c1-15-10(14)7-4-6(2-3-16-12)9(13)5-8(7)11;1-2/h4-5H,13H2,1H3;1-2H3. The Labute approximate surface area is 128 Å². The zero-order valence-corrected chi connectivity index (χ0v) is 13.9. The number of hydrogen-bond acceptors (Lipinski definition) is 4. The number of hydrogen-bond donors (Lipinski definition) is 1. The second-order valence-electron chi connectivity index (χ2n) is 2.72. The molecule has 0 amide bonds. The minimum atomic E-state index is -0.504. The highest BCUT2D eigenvalue weighted by Gasteiger charge is 2.13. The molecule has 3 nitrogen and oxygen atoms in total. The molecule has 0 spiro atoms. The van der Waals surface area contributed by atoms with Gasteiger partial charge in [-0.25, -0.2) is 4.79 Å². The Hall–Kier alpha value is -0.580. The van der Waals surface area contributed by atoms with Crippen LogP contribution in [0.5, 0.6) is 0 Å². The van der Waals surface area contributed by atoms with E-state index in [2.05, 4.69) is 15.9 Å². The zero-order chi connectivity index (χ0) is 14.1. The number of rotatable bonds is 1. The van der Waals surface area contributed by atoms with Gasteiger partial charge >= 0.3 is 5.97 Å². The molecular weight excluding hydrogens is 385 g/mol. The molecule has 0 fully saturated rings. The Balaban J connectivity index is 0.00000137. The van der Waals surface area contributed by atoms with Crippen LogP contribution < -0.4 is 5.73 Å². The predicted molar refractivity (Wildman–Crippen MR) is 87.0 cm³/mol. The number of nitrogens with two attached hydrogens (primary N) is 1. The Morgan fingerprint density at radius 2 is 2.11 bits per heavy atom. The van der Waals surface area contributed by atoms with Crippen molar-refractivity contribution >= 4 is 53.4 Å². The number of halogens is 2. The van der Waals surface area contributed by atoms with Crippen LogP contribution in [0.4, 0.5) is 5.69 Å². The maximum atomic E-state index is 11.4. The maximum absolute atomic E-state index is 11.4. The number of ether oxygens (including phenoxy) is 1. The summed E-state index contributed by atoms with van der Waals surface area (Å²) in [6.45, 7) is 4.00. The van der Waals surface area contributed by atoms with Crippen molar-refractivity contribution in [1.29, 1.82) is 0 Å². The highest BCUT2D eigenvalue weighted by atomic mass is 127. The molecule has 0 heterocycles. The van der Waals surface area contributed by atoms with E-state index in [9.17, 15) is 4.79 Å². The van der Waals surface area contributed by atoms with Crippen molar-refractivity contribution in [2.24, 2.45) is 0 Å². The van der Waals surface area contributed by atoms with Crippen LogP contribution in [0.1, 0.15) is 29.8 Å². The summed E-state index contributed by atoms with van der Waals surface area (Å²) in [6.07, 6.45) is 0. The van der Waals surface area contributed by atoms with Gasteiger partial charge in [0.2, 0.25) is 0 Å². The summed E-state index contributed by atoms with van der Waals surface area (Å²) in [5.41, 5.74) is 6.99. The highest BCUT2D eigenvalue weighted by molar-refractivity contribution is 14.2. The van der Waals surface area contributed by atoms with E-state index < -0.39 is 5.97 Å². The van der Waals surface area contributed by atoms with Crippen molar-refractivity contribution in [2.45, 2.75) is 13.8 Å². The van der Waals surface area contributed by atoms with Crippen molar-refractivity contribution in [3.63, 3.8) is 0 Å². The molecule has 1 aromatic rings. The van der Waals surface area contributed by atoms with Gasteiger partial charge < -0.3 is 10.5 Å². The van der Waals surface area contributed by atoms with Gasteiger partial charge in [0, 0.05) is 32.5 Å². The zero-order valence-electron chi connectivity index (χ0n) is 10.2. The summed E-state index contributed by atoms with van der Waals surface area (Å²) in [4.78, 5) is 11.4. The molecule has 0 unspecified atom stereocenters. The van der Waals surface area contributed by atoms with Crippen LogP contribution in [-0.2, 0) is 4.74 Å². The fraction of sp³-hybridized carbons (Fsp3) is 0.250. The van der Waals surface area contributed by atoms with E-state index >= 15 is 0 Å². The molecule has 98 valence electrons. The summed E-state index contributed by atoms with van der Waals surface area (Å²) in [7, 11) is 2.63. The quantitative estimate of drug-likeness (QED) is 0.335. The molecule has 0 atom stereocenters. The summed E-state index contributed by atoms with van der Waals surface area (Å²) in [5, 5.41) is 3.05. The van der Waals surface area contributed by atoms with Crippen LogP contribution in [-0.4, -0.2) is 13.1 Å². The molecule has 0 aromatic heterocycles. The molecule has 18 heavy (non-hydrogen) atoms. The summed E-state index contributed by atoms with van der Waals surface area (Å²) < 4.78 is 4.60. The van der Waals surface area contributed by atoms with Gasteiger partial charge in [-0.2, -0.15) is 0 Å². The van der Waals surface area contributed by atoms with E-state index in [0.717, 1.165) is 0 Å². The predicted octanol–water partition coefficient (Wildman–Crippen LogP) is 4.13. The first-order valence-corrected chi connectivity index (χ1v) is 8.79. The second-order valence-corrected chi connectivity index (χ2v) is 4.80. The molecule has 2 N–H and O–H groups in total. The number of carbonyl (C=O) groups excluding carboxylic acids is 1. The van der Waals surface area contributed by atoms with Gasteiger partial charge in [0.05, 0.1) is 17.7 Å². The van der Waals surface area contributed by atoms with Crippen LogP contribution in [0.15, 0.2) is 12.1 Å². The van der Waals surface area contributed by atoms with E-state index in [0.29, 0.717) is 11.3 Å². The lowest BCUT2D eigenvalue weighted by molar-refractivity contribution is 0.0601. The average Bonchev–Trinajstić information content (AvgIpc) is 2.39. The Morgan fingerprint density at radius 3 is 2.61 bits per heavy atom. The number of benzene rings is 1. The molecule has 1 rings (SSSR count). The minimum Gasteiger partial charge on any atom is -0.465 e. The minimum absolute atomic E-state index is 0.261. The van der Waals surface area contributed by atoms with Gasteiger partial charge in [-0.05, 0) is 26.3 Å². The third-order valence-corrected chi connectivity index (χ3v) is 2.92. The number of anilines is 1. The Morgan fingerprint density at radius 1 is 1.50 bits per heavy atom. The fourth-order valence-electron chi connectivity index (χ4n) is 1.04. The molecule has 0 radical (unpaired) electrons. The van der Waals surface area contributed by atoms with Gasteiger partial charge in [0.15, 0.2) is 0 Å². The maximum Gasteiger partial charge on any atom is 0.339 e. The molecule has 6 heteroatoms. The summed E-state index contributed by atoms with van der Waals surface area (Å²) in [5.74, 6) is 2.32. The average molecular weight is 398 g/mol. The first kappa shape index (κ1) is 17.4. The van der Waals surface area contributed by atoms with Crippen LogP contribution in [0.3, 0.4) is 0 Å².